The largest absolute Gasteiger partial charge is 0.399 e. The van der Waals surface area contributed by atoms with Crippen LogP contribution in [0, 0.1) is 11.3 Å². The van der Waals surface area contributed by atoms with E-state index in [1.54, 1.807) is 0 Å². The highest BCUT2D eigenvalue weighted by atomic mass is 14.8. The van der Waals surface area contributed by atoms with E-state index < -0.39 is 0 Å². The molecule has 1 aliphatic carbocycles. The maximum atomic E-state index is 5.75. The van der Waals surface area contributed by atoms with Crippen LogP contribution in [-0.2, 0) is 0 Å². The van der Waals surface area contributed by atoms with Crippen molar-refractivity contribution in [2.45, 2.75) is 20.8 Å². The smallest absolute Gasteiger partial charge is 0.0314 e. The van der Waals surface area contributed by atoms with Gasteiger partial charge in [0.1, 0.15) is 0 Å². The Bertz CT molecular complexity index is 492. The Morgan fingerprint density at radius 2 is 1.72 bits per heavy atom. The number of anilines is 1. The highest BCUT2D eigenvalue weighted by Gasteiger charge is 2.34. The molecule has 2 heteroatoms. The Labute approximate surface area is 110 Å². The van der Waals surface area contributed by atoms with Gasteiger partial charge in [-0.1, -0.05) is 39.0 Å². The van der Waals surface area contributed by atoms with Crippen molar-refractivity contribution in [1.82, 2.24) is 5.32 Å². The number of allylic oxidation sites excluding steroid dienone is 4. The van der Waals surface area contributed by atoms with Crippen LogP contribution in [0.1, 0.15) is 26.3 Å². The number of nitrogens with one attached hydrogen (secondary N) is 1. The van der Waals surface area contributed by atoms with Gasteiger partial charge in [0, 0.05) is 24.4 Å². The molecule has 1 unspecified atom stereocenters. The van der Waals surface area contributed by atoms with Crippen molar-refractivity contribution >= 4 is 11.3 Å². The molecule has 1 atom stereocenters. The third kappa shape index (κ3) is 2.03. The summed E-state index contributed by atoms with van der Waals surface area (Å²) in [5.74, 6) is 0.472. The fraction of sp³-hybridized carbons (Fsp3) is 0.375. The third-order valence-electron chi connectivity index (χ3n) is 4.18. The molecule has 0 saturated heterocycles. The first-order valence-electron chi connectivity index (χ1n) is 6.43. The van der Waals surface area contributed by atoms with E-state index in [2.05, 4.69) is 50.4 Å². The van der Waals surface area contributed by atoms with Crippen LogP contribution >= 0.6 is 0 Å². The fourth-order valence-corrected chi connectivity index (χ4v) is 2.58. The summed E-state index contributed by atoms with van der Waals surface area (Å²) in [6.45, 7) is 6.86. The van der Waals surface area contributed by atoms with Crippen LogP contribution in [-0.4, -0.2) is 7.05 Å². The molecule has 0 radical (unpaired) electrons. The minimum Gasteiger partial charge on any atom is -0.399 e. The number of hydrogen-bond donors (Lipinski definition) is 2. The lowest BCUT2D eigenvalue weighted by Crippen LogP contribution is -2.31. The van der Waals surface area contributed by atoms with Gasteiger partial charge in [-0.15, -0.1) is 0 Å². The molecule has 0 saturated carbocycles. The molecule has 0 bridgehead atoms. The topological polar surface area (TPSA) is 38.0 Å². The summed E-state index contributed by atoms with van der Waals surface area (Å²) in [5.41, 5.74) is 10.6. The molecule has 0 amide bonds. The number of rotatable bonds is 2. The molecule has 0 aromatic heterocycles. The van der Waals surface area contributed by atoms with Crippen molar-refractivity contribution in [2.75, 3.05) is 12.8 Å². The average molecular weight is 242 g/mol. The highest BCUT2D eigenvalue weighted by Crippen LogP contribution is 2.45. The zero-order valence-electron chi connectivity index (χ0n) is 11.6. The fourth-order valence-electron chi connectivity index (χ4n) is 2.58. The first kappa shape index (κ1) is 12.7. The van der Waals surface area contributed by atoms with Crippen molar-refractivity contribution < 1.29 is 0 Å². The first-order valence-corrected chi connectivity index (χ1v) is 6.43. The standard InChI is InChI=1S/C16H22N2/c1-11-15(18-4)10-9-14(16(11,2)3)12-5-7-13(17)8-6-12/h5-11,18H,17H2,1-4H3. The van der Waals surface area contributed by atoms with Crippen LogP contribution in [0.2, 0.25) is 0 Å². The summed E-state index contributed by atoms with van der Waals surface area (Å²) < 4.78 is 0. The molecular formula is C16H22N2. The van der Waals surface area contributed by atoms with Crippen molar-refractivity contribution in [3.8, 4) is 0 Å². The van der Waals surface area contributed by atoms with E-state index in [1.165, 1.54) is 16.8 Å². The lowest BCUT2D eigenvalue weighted by atomic mass is 9.67. The Morgan fingerprint density at radius 3 is 2.28 bits per heavy atom. The van der Waals surface area contributed by atoms with Crippen LogP contribution in [0.15, 0.2) is 42.1 Å². The summed E-state index contributed by atoms with van der Waals surface area (Å²) >= 11 is 0. The second-order valence-corrected chi connectivity index (χ2v) is 5.52. The van der Waals surface area contributed by atoms with Gasteiger partial charge in [0.25, 0.3) is 0 Å². The number of benzene rings is 1. The molecule has 3 N–H and O–H groups in total. The maximum Gasteiger partial charge on any atom is 0.0314 e. The summed E-state index contributed by atoms with van der Waals surface area (Å²) in [4.78, 5) is 0. The summed E-state index contributed by atoms with van der Waals surface area (Å²) in [6, 6.07) is 8.14. The van der Waals surface area contributed by atoms with Gasteiger partial charge in [-0.05, 0) is 34.8 Å². The number of nitrogens with two attached hydrogens (primary N) is 1. The van der Waals surface area contributed by atoms with Gasteiger partial charge in [-0.3, -0.25) is 0 Å². The van der Waals surface area contributed by atoms with Crippen LogP contribution in [0.3, 0.4) is 0 Å². The zero-order valence-corrected chi connectivity index (χ0v) is 11.6. The van der Waals surface area contributed by atoms with E-state index in [0.717, 1.165) is 5.69 Å². The number of nitrogen functional groups attached to an aromatic ring is 1. The van der Waals surface area contributed by atoms with Gasteiger partial charge in [-0.2, -0.15) is 0 Å². The van der Waals surface area contributed by atoms with Crippen LogP contribution < -0.4 is 11.1 Å². The Kier molecular flexibility index (Phi) is 3.20. The van der Waals surface area contributed by atoms with E-state index in [4.69, 9.17) is 5.73 Å². The quantitative estimate of drug-likeness (QED) is 0.780. The van der Waals surface area contributed by atoms with E-state index in [-0.39, 0.29) is 5.41 Å². The van der Waals surface area contributed by atoms with Crippen molar-refractivity contribution in [2.24, 2.45) is 11.3 Å². The minimum atomic E-state index is 0.114. The molecule has 1 aromatic carbocycles. The van der Waals surface area contributed by atoms with Gasteiger partial charge in [0.2, 0.25) is 0 Å². The molecule has 96 valence electrons. The number of hydrogen-bond acceptors (Lipinski definition) is 2. The van der Waals surface area contributed by atoms with E-state index in [1.807, 2.05) is 19.2 Å². The molecule has 1 aliphatic rings. The second-order valence-electron chi connectivity index (χ2n) is 5.52. The van der Waals surface area contributed by atoms with Crippen LogP contribution in [0.5, 0.6) is 0 Å². The van der Waals surface area contributed by atoms with Gasteiger partial charge >= 0.3 is 0 Å². The average Bonchev–Trinajstić information content (AvgIpc) is 2.34. The van der Waals surface area contributed by atoms with Gasteiger partial charge in [0.05, 0.1) is 0 Å². The molecule has 0 aliphatic heterocycles. The Morgan fingerprint density at radius 1 is 1.11 bits per heavy atom. The molecule has 0 heterocycles. The van der Waals surface area contributed by atoms with E-state index in [9.17, 15) is 0 Å². The van der Waals surface area contributed by atoms with E-state index >= 15 is 0 Å². The predicted octanol–water partition coefficient (Wildman–Crippen LogP) is 3.43. The molecular weight excluding hydrogens is 220 g/mol. The molecule has 0 spiro atoms. The molecule has 18 heavy (non-hydrogen) atoms. The molecule has 2 rings (SSSR count). The monoisotopic (exact) mass is 242 g/mol. The lowest BCUT2D eigenvalue weighted by molar-refractivity contribution is 0.351. The second kappa shape index (κ2) is 4.52. The first-order chi connectivity index (χ1) is 8.46. The maximum absolute atomic E-state index is 5.75. The minimum absolute atomic E-state index is 0.114. The van der Waals surface area contributed by atoms with Gasteiger partial charge in [0.15, 0.2) is 0 Å². The summed E-state index contributed by atoms with van der Waals surface area (Å²) in [7, 11) is 1.99. The van der Waals surface area contributed by atoms with Crippen molar-refractivity contribution in [3.05, 3.63) is 47.7 Å². The SMILES string of the molecule is CNC1=CC=C(c2ccc(N)cc2)C(C)(C)C1C. The third-order valence-corrected chi connectivity index (χ3v) is 4.18. The van der Waals surface area contributed by atoms with Crippen molar-refractivity contribution in [3.63, 3.8) is 0 Å². The zero-order chi connectivity index (χ0) is 13.3. The van der Waals surface area contributed by atoms with Crippen LogP contribution in [0.25, 0.3) is 5.57 Å². The van der Waals surface area contributed by atoms with Gasteiger partial charge < -0.3 is 11.1 Å². The normalized spacial score (nSPS) is 22.1. The lowest BCUT2D eigenvalue weighted by Gasteiger charge is -2.38. The summed E-state index contributed by atoms with van der Waals surface area (Å²) in [5, 5.41) is 3.29. The van der Waals surface area contributed by atoms with Crippen molar-refractivity contribution in [1.29, 1.82) is 0 Å². The molecule has 0 fully saturated rings. The molecule has 2 nitrogen and oxygen atoms in total. The van der Waals surface area contributed by atoms with Crippen LogP contribution in [0.4, 0.5) is 5.69 Å². The highest BCUT2D eigenvalue weighted by molar-refractivity contribution is 5.74. The van der Waals surface area contributed by atoms with E-state index in [0.29, 0.717) is 5.92 Å². The Balaban J connectivity index is 2.46. The predicted molar refractivity (Wildman–Crippen MR) is 78.9 cm³/mol. The molecule has 1 aromatic rings. The van der Waals surface area contributed by atoms with Gasteiger partial charge in [-0.25, -0.2) is 0 Å². The Hall–Kier alpha value is -1.70. The summed E-state index contributed by atoms with van der Waals surface area (Å²) in [6.07, 6.45) is 4.40.